The zero-order chi connectivity index (χ0) is 30.7. The van der Waals surface area contributed by atoms with E-state index in [9.17, 15) is 9.18 Å². The summed E-state index contributed by atoms with van der Waals surface area (Å²) >= 11 is 16.2. The van der Waals surface area contributed by atoms with Gasteiger partial charge < -0.3 is 9.47 Å². The molecule has 0 unspecified atom stereocenters. The Kier molecular flexibility index (Phi) is 10.0. The van der Waals surface area contributed by atoms with Gasteiger partial charge >= 0.3 is 0 Å². The average Bonchev–Trinajstić information content (AvgIpc) is 3.26. The number of aliphatic imine (C=N–C) groups is 1. The van der Waals surface area contributed by atoms with Crippen LogP contribution in [0.3, 0.4) is 0 Å². The lowest BCUT2D eigenvalue weighted by molar-refractivity contribution is -0.113. The van der Waals surface area contributed by atoms with Crippen LogP contribution < -0.4 is 14.4 Å². The van der Waals surface area contributed by atoms with Gasteiger partial charge in [0.2, 0.25) is 0 Å². The number of carbonyl (C=O) groups is 1. The Balaban J connectivity index is 1.52. The molecule has 1 amide bonds. The normalized spacial score (nSPS) is 15.0. The van der Waals surface area contributed by atoms with E-state index in [1.807, 2.05) is 57.2 Å². The first-order valence-electron chi connectivity index (χ1n) is 13.3. The molecule has 0 aliphatic carbocycles. The highest BCUT2D eigenvalue weighted by atomic mass is 127. The Bertz CT molecular complexity index is 1780. The highest BCUT2D eigenvalue weighted by molar-refractivity contribution is 14.1. The summed E-state index contributed by atoms with van der Waals surface area (Å²) in [4.78, 5) is 20.7. The molecule has 43 heavy (non-hydrogen) atoms. The summed E-state index contributed by atoms with van der Waals surface area (Å²) in [7, 11) is 0. The van der Waals surface area contributed by atoms with E-state index >= 15 is 0 Å². The van der Waals surface area contributed by atoms with Crippen LogP contribution in [0.1, 0.15) is 29.2 Å². The van der Waals surface area contributed by atoms with E-state index in [1.165, 1.54) is 17.8 Å². The van der Waals surface area contributed by atoms with Crippen molar-refractivity contribution >= 4 is 86.1 Å². The van der Waals surface area contributed by atoms with E-state index in [0.717, 1.165) is 20.3 Å². The third kappa shape index (κ3) is 7.20. The zero-order valence-corrected chi connectivity index (χ0v) is 27.9. The molecule has 1 heterocycles. The maximum atomic E-state index is 14.2. The van der Waals surface area contributed by atoms with E-state index in [1.54, 1.807) is 41.3 Å². The zero-order valence-electron chi connectivity index (χ0n) is 23.5. The van der Waals surface area contributed by atoms with Crippen molar-refractivity contribution in [1.82, 2.24) is 0 Å². The fraction of sp³-hybridized carbons (Fsp3) is 0.152. The van der Waals surface area contributed by atoms with Crippen LogP contribution in [-0.4, -0.2) is 17.7 Å². The number of hydrogen-bond acceptors (Lipinski definition) is 5. The second kappa shape index (κ2) is 13.7. The average molecular weight is 747 g/mol. The number of ether oxygens (including phenoxy) is 2. The van der Waals surface area contributed by atoms with Crippen molar-refractivity contribution in [3.8, 4) is 11.5 Å². The topological polar surface area (TPSA) is 51.1 Å². The molecule has 0 aromatic heterocycles. The van der Waals surface area contributed by atoms with Gasteiger partial charge in [-0.2, -0.15) is 0 Å². The van der Waals surface area contributed by atoms with Crippen LogP contribution in [-0.2, 0) is 11.4 Å². The second-order valence-corrected chi connectivity index (χ2v) is 12.6. The first-order chi connectivity index (χ1) is 20.6. The lowest BCUT2D eigenvalue weighted by Crippen LogP contribution is -2.28. The van der Waals surface area contributed by atoms with Gasteiger partial charge in [0.15, 0.2) is 16.7 Å². The lowest BCUT2D eigenvalue weighted by atomic mass is 10.1. The molecule has 0 saturated carbocycles. The summed E-state index contributed by atoms with van der Waals surface area (Å²) in [6.07, 6.45) is 1.80. The molecule has 10 heteroatoms. The van der Waals surface area contributed by atoms with E-state index in [-0.39, 0.29) is 18.3 Å². The minimum absolute atomic E-state index is 0.0500. The Hall–Kier alpha value is -3.05. The maximum Gasteiger partial charge on any atom is 0.271 e. The number of rotatable bonds is 8. The number of nitrogens with zero attached hydrogens (tertiary/aromatic N) is 2. The predicted molar refractivity (Wildman–Crippen MR) is 184 cm³/mol. The van der Waals surface area contributed by atoms with Crippen molar-refractivity contribution in [1.29, 1.82) is 0 Å². The van der Waals surface area contributed by atoms with E-state index in [0.29, 0.717) is 55.2 Å². The molecule has 4 aromatic carbocycles. The molecule has 0 N–H and O–H groups in total. The molecule has 1 saturated heterocycles. The number of halogens is 4. The first kappa shape index (κ1) is 31.4. The number of anilines is 1. The Morgan fingerprint density at radius 3 is 2.40 bits per heavy atom. The molecular weight excluding hydrogens is 721 g/mol. The monoisotopic (exact) mass is 746 g/mol. The van der Waals surface area contributed by atoms with Crippen LogP contribution in [0.25, 0.3) is 6.08 Å². The molecule has 0 spiro atoms. The molecule has 5 rings (SSSR count). The van der Waals surface area contributed by atoms with Gasteiger partial charge in [-0.25, -0.2) is 9.38 Å². The van der Waals surface area contributed by atoms with E-state index in [4.69, 9.17) is 37.7 Å². The molecule has 4 aromatic rings. The Morgan fingerprint density at radius 2 is 1.70 bits per heavy atom. The fourth-order valence-corrected chi connectivity index (χ4v) is 6.38. The van der Waals surface area contributed by atoms with Gasteiger partial charge in [0.1, 0.15) is 12.4 Å². The standard InChI is InChI=1S/C33H26Cl2FIN2O3S/c1-4-41-29-14-21(13-28(37)31(29)42-18-22-7-5-6-8-27(22)36)15-30-32(40)39(24-12-10-20(3)26(35)17-24)33(43-30)38-23-11-9-19(2)25(34)16-23/h5-17H,4,18H2,1-3H3/b30-15+,38-33?. The molecule has 0 radical (unpaired) electrons. The molecule has 0 atom stereocenters. The van der Waals surface area contributed by atoms with Crippen LogP contribution in [0.2, 0.25) is 10.0 Å². The number of benzene rings is 4. The van der Waals surface area contributed by atoms with E-state index < -0.39 is 0 Å². The molecule has 220 valence electrons. The summed E-state index contributed by atoms with van der Waals surface area (Å²) < 4.78 is 26.9. The van der Waals surface area contributed by atoms with Crippen molar-refractivity contribution in [2.45, 2.75) is 27.4 Å². The van der Waals surface area contributed by atoms with Gasteiger partial charge in [-0.15, -0.1) is 0 Å². The minimum Gasteiger partial charge on any atom is -0.490 e. The highest BCUT2D eigenvalue weighted by Crippen LogP contribution is 2.41. The number of amides is 1. The van der Waals surface area contributed by atoms with Crippen molar-refractivity contribution in [2.75, 3.05) is 11.5 Å². The van der Waals surface area contributed by atoms with Gasteiger partial charge in [-0.3, -0.25) is 9.69 Å². The van der Waals surface area contributed by atoms with Gasteiger partial charge in [0.25, 0.3) is 5.91 Å². The number of thioether (sulfide) groups is 1. The quantitative estimate of drug-likeness (QED) is 0.133. The second-order valence-electron chi connectivity index (χ2n) is 9.66. The summed E-state index contributed by atoms with van der Waals surface area (Å²) in [6.45, 7) is 6.15. The number of aryl methyl sites for hydroxylation is 2. The predicted octanol–water partition coefficient (Wildman–Crippen LogP) is 10.1. The number of hydrogen-bond donors (Lipinski definition) is 0. The van der Waals surface area contributed by atoms with Gasteiger partial charge in [0, 0.05) is 15.6 Å². The van der Waals surface area contributed by atoms with Crippen LogP contribution in [0.4, 0.5) is 15.8 Å². The van der Waals surface area contributed by atoms with Gasteiger partial charge in [-0.05, 0) is 120 Å². The summed E-state index contributed by atoms with van der Waals surface area (Å²) in [5, 5.41) is 1.61. The van der Waals surface area contributed by atoms with Crippen molar-refractivity contribution in [3.63, 3.8) is 0 Å². The van der Waals surface area contributed by atoms with Crippen molar-refractivity contribution < 1.29 is 18.7 Å². The van der Waals surface area contributed by atoms with Crippen LogP contribution >= 0.6 is 57.6 Å². The van der Waals surface area contributed by atoms with Crippen molar-refractivity contribution in [2.24, 2.45) is 4.99 Å². The molecule has 1 aliphatic rings. The summed E-state index contributed by atoms with van der Waals surface area (Å²) in [5.74, 6) is 0.430. The van der Waals surface area contributed by atoms with Crippen LogP contribution in [0, 0.1) is 23.2 Å². The molecule has 1 fully saturated rings. The third-order valence-corrected chi connectivity index (χ3v) is 9.14. The fourth-order valence-electron chi connectivity index (χ4n) is 4.25. The van der Waals surface area contributed by atoms with E-state index in [2.05, 4.69) is 22.6 Å². The lowest BCUT2D eigenvalue weighted by Gasteiger charge is -2.17. The molecule has 5 nitrogen and oxygen atoms in total. The molecule has 0 bridgehead atoms. The SMILES string of the molecule is CCOc1cc(/C=C2/SC(=Nc3ccc(C)c(Cl)c3)N(c3ccc(C)c(Cl)c3)C2=O)cc(I)c1OCc1ccccc1F. The largest absolute Gasteiger partial charge is 0.490 e. The number of amidine groups is 1. The smallest absolute Gasteiger partial charge is 0.271 e. The Labute approximate surface area is 277 Å². The number of carbonyl (C=O) groups excluding carboxylic acids is 1. The molecular formula is C33H26Cl2FIN2O3S. The maximum absolute atomic E-state index is 14.2. The highest BCUT2D eigenvalue weighted by Gasteiger charge is 2.35. The summed E-state index contributed by atoms with van der Waals surface area (Å²) in [6, 6.07) is 21.2. The van der Waals surface area contributed by atoms with Crippen LogP contribution in [0.5, 0.6) is 11.5 Å². The minimum atomic E-state index is -0.335. The van der Waals surface area contributed by atoms with Gasteiger partial charge in [-0.1, -0.05) is 53.5 Å². The van der Waals surface area contributed by atoms with Gasteiger partial charge in [0.05, 0.1) is 26.5 Å². The Morgan fingerprint density at radius 1 is 0.977 bits per heavy atom. The summed E-state index contributed by atoms with van der Waals surface area (Å²) in [5.41, 5.74) is 4.25. The van der Waals surface area contributed by atoms with Crippen molar-refractivity contribution in [3.05, 3.63) is 119 Å². The van der Waals surface area contributed by atoms with Crippen LogP contribution in [0.15, 0.2) is 82.7 Å². The molecule has 1 aliphatic heterocycles. The first-order valence-corrected chi connectivity index (χ1v) is 16.0. The third-order valence-electron chi connectivity index (χ3n) is 6.56.